The number of carbonyl (C=O) groups is 2. The fourth-order valence-electron chi connectivity index (χ4n) is 2.03. The van der Waals surface area contributed by atoms with Crippen LogP contribution in [0.25, 0.3) is 11.1 Å². The van der Waals surface area contributed by atoms with Crippen LogP contribution in [0.2, 0.25) is 0 Å². The molecule has 0 radical (unpaired) electrons. The highest BCUT2D eigenvalue weighted by Gasteiger charge is 2.39. The van der Waals surface area contributed by atoms with Crippen LogP contribution in [0.1, 0.15) is 13.8 Å². The largest absolute Gasteiger partial charge is 0.467 e. The maximum absolute atomic E-state index is 12.2. The second-order valence-electron chi connectivity index (χ2n) is 5.53. The van der Waals surface area contributed by atoms with Gasteiger partial charge in [0.15, 0.2) is 5.58 Å². The van der Waals surface area contributed by atoms with Crippen molar-refractivity contribution in [3.8, 4) is 0 Å². The molecule has 0 spiro atoms. The van der Waals surface area contributed by atoms with Gasteiger partial charge in [-0.3, -0.25) is 4.79 Å². The van der Waals surface area contributed by atoms with Gasteiger partial charge in [-0.1, -0.05) is 23.9 Å². The average molecular weight is 383 g/mol. The molecule has 134 valence electrons. The summed E-state index contributed by atoms with van der Waals surface area (Å²) < 4.78 is 12.0. The van der Waals surface area contributed by atoms with Crippen molar-refractivity contribution in [2.45, 2.75) is 29.9 Å². The quantitative estimate of drug-likeness (QED) is 0.321. The van der Waals surface area contributed by atoms with Crippen molar-refractivity contribution in [3.05, 3.63) is 29.2 Å². The van der Waals surface area contributed by atoms with Gasteiger partial charge in [0, 0.05) is 16.5 Å². The summed E-state index contributed by atoms with van der Waals surface area (Å²) in [4.78, 5) is 38.9. The molecule has 0 saturated carbocycles. The van der Waals surface area contributed by atoms with Crippen molar-refractivity contribution in [3.63, 3.8) is 0 Å². The number of nitrogens with zero attached hydrogens (tertiary/aromatic N) is 2. The van der Waals surface area contributed by atoms with Crippen LogP contribution >= 0.6 is 23.7 Å². The molecular weight excluding hydrogens is 366 g/mol. The zero-order valence-corrected chi connectivity index (χ0v) is 15.5. The minimum absolute atomic E-state index is 0.00438. The summed E-state index contributed by atoms with van der Waals surface area (Å²) in [5.74, 6) is -1.07. The summed E-state index contributed by atoms with van der Waals surface area (Å²) in [7, 11) is 1.21. The number of oxazole rings is 1. The lowest BCUT2D eigenvalue weighted by Crippen LogP contribution is -2.53. The number of ether oxygens (including phenoxy) is 1. The number of hydrogen-bond donors (Lipinski definition) is 1. The van der Waals surface area contributed by atoms with Gasteiger partial charge in [-0.15, -0.1) is 4.91 Å². The second-order valence-corrected chi connectivity index (χ2v) is 7.84. The smallest absolute Gasteiger partial charge is 0.329 e. The summed E-state index contributed by atoms with van der Waals surface area (Å²) in [5, 5.41) is 2.93. The number of aromatic nitrogens is 1. The fourth-order valence-corrected chi connectivity index (χ4v) is 3.13. The number of para-hydroxylation sites is 2. The van der Waals surface area contributed by atoms with Gasteiger partial charge in [0.25, 0.3) is 5.22 Å². The van der Waals surface area contributed by atoms with E-state index in [0.29, 0.717) is 28.3 Å². The van der Waals surface area contributed by atoms with Crippen LogP contribution in [-0.4, -0.2) is 40.5 Å². The van der Waals surface area contributed by atoms with Gasteiger partial charge in [0.2, 0.25) is 5.91 Å². The summed E-state index contributed by atoms with van der Waals surface area (Å²) in [5.41, 5.74) is 1.33. The standard InChI is InChI=1S/C15H17N3O5S2/c1-15(2,25-18-21)12(13(20)22-3)17-11(19)8-24-14-16-9-6-4-5-7-10(9)23-14/h4-7,12H,8H2,1-3H3,(H,17,19)/t12-/m1/s1. The molecule has 25 heavy (non-hydrogen) atoms. The molecule has 1 aromatic carbocycles. The molecule has 0 aliphatic heterocycles. The molecule has 1 amide bonds. The second kappa shape index (κ2) is 8.34. The lowest BCUT2D eigenvalue weighted by atomic mass is 10.0. The molecule has 2 aromatic rings. The lowest BCUT2D eigenvalue weighted by Gasteiger charge is -2.29. The molecule has 10 heteroatoms. The van der Waals surface area contributed by atoms with Crippen LogP contribution in [0.5, 0.6) is 0 Å². The van der Waals surface area contributed by atoms with Crippen molar-refractivity contribution in [2.75, 3.05) is 12.9 Å². The molecule has 8 nitrogen and oxygen atoms in total. The Morgan fingerprint density at radius 2 is 2.12 bits per heavy atom. The Bertz CT molecular complexity index is 744. The topological polar surface area (TPSA) is 111 Å². The Hall–Kier alpha value is -2.07. The highest BCUT2D eigenvalue weighted by Crippen LogP contribution is 2.30. The van der Waals surface area contributed by atoms with Gasteiger partial charge in [-0.2, -0.15) is 0 Å². The van der Waals surface area contributed by atoms with Crippen molar-refractivity contribution >= 4 is 46.7 Å². The Kier molecular flexibility index (Phi) is 6.43. The first kappa shape index (κ1) is 19.3. The molecular formula is C15H17N3O5S2. The third kappa shape index (κ3) is 4.95. The Morgan fingerprint density at radius 3 is 2.76 bits per heavy atom. The summed E-state index contributed by atoms with van der Waals surface area (Å²) in [6, 6.07) is 6.25. The molecule has 0 bridgehead atoms. The number of nitroso groups, excluding NO2 is 1. The van der Waals surface area contributed by atoms with Crippen LogP contribution in [0, 0.1) is 4.91 Å². The molecule has 1 N–H and O–H groups in total. The Morgan fingerprint density at radius 1 is 1.40 bits per heavy atom. The average Bonchev–Trinajstić information content (AvgIpc) is 3.00. The zero-order valence-electron chi connectivity index (χ0n) is 13.8. The number of thioether (sulfide) groups is 1. The first-order chi connectivity index (χ1) is 11.9. The maximum Gasteiger partial charge on any atom is 0.329 e. The molecule has 0 aliphatic carbocycles. The Balaban J connectivity index is 2.00. The normalized spacial score (nSPS) is 12.6. The minimum Gasteiger partial charge on any atom is -0.467 e. The van der Waals surface area contributed by atoms with Crippen LogP contribution < -0.4 is 5.32 Å². The van der Waals surface area contributed by atoms with E-state index in [2.05, 4.69) is 14.9 Å². The van der Waals surface area contributed by atoms with Crippen LogP contribution in [0.3, 0.4) is 0 Å². The number of rotatable bonds is 8. The van der Waals surface area contributed by atoms with Gasteiger partial charge in [-0.05, 0) is 26.0 Å². The molecule has 0 aliphatic rings. The SMILES string of the molecule is COC(=O)[C@@H](NC(=O)CSc1nc2ccccc2o1)C(C)(C)SN=O. The van der Waals surface area contributed by atoms with E-state index in [1.165, 1.54) is 7.11 Å². The van der Waals surface area contributed by atoms with Crippen molar-refractivity contribution in [1.82, 2.24) is 10.3 Å². The highest BCUT2D eigenvalue weighted by molar-refractivity contribution is 7.99. The van der Waals surface area contributed by atoms with Gasteiger partial charge >= 0.3 is 5.97 Å². The lowest BCUT2D eigenvalue weighted by molar-refractivity contribution is -0.145. The fraction of sp³-hybridized carbons (Fsp3) is 0.400. The predicted octanol–water partition coefficient (Wildman–Crippen LogP) is 2.77. The molecule has 0 fully saturated rings. The number of nitrogens with one attached hydrogen (secondary N) is 1. The molecule has 1 heterocycles. The monoisotopic (exact) mass is 383 g/mol. The maximum atomic E-state index is 12.2. The number of methoxy groups -OCH3 is 1. The first-order valence-electron chi connectivity index (χ1n) is 7.24. The van der Waals surface area contributed by atoms with E-state index in [9.17, 15) is 14.5 Å². The molecule has 2 rings (SSSR count). The number of amides is 1. The third-order valence-electron chi connectivity index (χ3n) is 3.31. The Labute approximate surface area is 152 Å². The van der Waals surface area contributed by atoms with E-state index < -0.39 is 22.7 Å². The summed E-state index contributed by atoms with van der Waals surface area (Å²) >= 11 is 1.77. The van der Waals surface area contributed by atoms with Crippen molar-refractivity contribution in [1.29, 1.82) is 0 Å². The summed E-state index contributed by atoms with van der Waals surface area (Å²) in [6.45, 7) is 3.24. The first-order valence-corrected chi connectivity index (χ1v) is 8.99. The van der Waals surface area contributed by atoms with E-state index in [-0.39, 0.29) is 5.75 Å². The van der Waals surface area contributed by atoms with Crippen molar-refractivity contribution < 1.29 is 18.7 Å². The van der Waals surface area contributed by atoms with E-state index in [4.69, 9.17) is 9.15 Å². The number of carbonyl (C=O) groups excluding carboxylic acids is 2. The van der Waals surface area contributed by atoms with Gasteiger partial charge < -0.3 is 14.5 Å². The number of hydrogen-bond acceptors (Lipinski definition) is 9. The van der Waals surface area contributed by atoms with E-state index in [1.807, 2.05) is 18.2 Å². The van der Waals surface area contributed by atoms with E-state index in [0.717, 1.165) is 11.8 Å². The van der Waals surface area contributed by atoms with Gasteiger partial charge in [0.1, 0.15) is 11.6 Å². The van der Waals surface area contributed by atoms with Crippen molar-refractivity contribution in [2.24, 2.45) is 4.58 Å². The molecule has 0 unspecified atom stereocenters. The predicted molar refractivity (Wildman–Crippen MR) is 96.1 cm³/mol. The van der Waals surface area contributed by atoms with Gasteiger partial charge in [-0.25, -0.2) is 9.78 Å². The molecule has 1 aromatic heterocycles. The van der Waals surface area contributed by atoms with Gasteiger partial charge in [0.05, 0.1) is 17.6 Å². The summed E-state index contributed by atoms with van der Waals surface area (Å²) in [6.07, 6.45) is 0. The van der Waals surface area contributed by atoms with Crippen LogP contribution in [-0.2, 0) is 14.3 Å². The number of fused-ring (bicyclic) bond motifs is 1. The number of benzene rings is 1. The molecule has 0 saturated heterocycles. The zero-order chi connectivity index (χ0) is 18.4. The van der Waals surface area contributed by atoms with E-state index >= 15 is 0 Å². The van der Waals surface area contributed by atoms with Crippen LogP contribution in [0.15, 0.2) is 38.5 Å². The number of esters is 1. The van der Waals surface area contributed by atoms with Crippen LogP contribution in [0.4, 0.5) is 0 Å². The third-order valence-corrected chi connectivity index (χ3v) is 4.92. The molecule has 1 atom stereocenters. The van der Waals surface area contributed by atoms with E-state index in [1.54, 1.807) is 19.9 Å². The highest BCUT2D eigenvalue weighted by atomic mass is 32.2. The minimum atomic E-state index is -1.02.